The normalized spacial score (nSPS) is 12.4. The van der Waals surface area contributed by atoms with Crippen LogP contribution in [0.4, 0.5) is 23.9 Å². The van der Waals surface area contributed by atoms with E-state index in [2.05, 4.69) is 10.3 Å². The van der Waals surface area contributed by atoms with Crippen LogP contribution in [0.25, 0.3) is 0 Å². The Morgan fingerprint density at radius 2 is 1.78 bits per heavy atom. The van der Waals surface area contributed by atoms with Crippen molar-refractivity contribution < 1.29 is 27.5 Å². The van der Waals surface area contributed by atoms with Crippen LogP contribution in [-0.2, 0) is 4.74 Å². The van der Waals surface area contributed by atoms with Gasteiger partial charge in [0, 0.05) is 11.1 Å². The predicted octanol–water partition coefficient (Wildman–Crippen LogP) is 6.66. The number of alkyl halides is 3. The molecular formula is C25H21ClF3N3O3S. The summed E-state index contributed by atoms with van der Waals surface area (Å²) >= 11 is 7.30. The summed E-state index contributed by atoms with van der Waals surface area (Å²) in [6, 6.07) is 12.1. The SMILES string of the molecule is CCOC(=O)c1c(C)csc1NC(=O)c1ccc(C(/C=C(\N)C(F)(F)F)=Nc2ccccc2Cl)cc1. The molecule has 36 heavy (non-hydrogen) atoms. The van der Waals surface area contributed by atoms with Crippen LogP contribution in [0.3, 0.4) is 0 Å². The molecule has 1 amide bonds. The van der Waals surface area contributed by atoms with Gasteiger partial charge >= 0.3 is 12.1 Å². The number of para-hydroxylation sites is 1. The second-order valence-corrected chi connectivity index (χ2v) is 8.71. The molecule has 1 aromatic heterocycles. The molecule has 0 atom stereocenters. The molecule has 3 aromatic rings. The zero-order valence-corrected chi connectivity index (χ0v) is 20.7. The van der Waals surface area contributed by atoms with E-state index in [1.54, 1.807) is 43.5 Å². The van der Waals surface area contributed by atoms with Gasteiger partial charge in [0.2, 0.25) is 0 Å². The van der Waals surface area contributed by atoms with Gasteiger partial charge in [0.1, 0.15) is 10.7 Å². The summed E-state index contributed by atoms with van der Waals surface area (Å²) in [6.45, 7) is 3.60. The van der Waals surface area contributed by atoms with Gasteiger partial charge in [-0.2, -0.15) is 13.2 Å². The van der Waals surface area contributed by atoms with E-state index in [0.29, 0.717) is 16.6 Å². The number of carbonyl (C=O) groups excluding carboxylic acids is 2. The largest absolute Gasteiger partial charge is 0.462 e. The number of hydrogen-bond acceptors (Lipinski definition) is 6. The summed E-state index contributed by atoms with van der Waals surface area (Å²) in [5.41, 5.74) is 5.47. The van der Waals surface area contributed by atoms with Crippen LogP contribution < -0.4 is 11.1 Å². The summed E-state index contributed by atoms with van der Waals surface area (Å²) in [5.74, 6) is -1.06. The zero-order valence-electron chi connectivity index (χ0n) is 19.2. The molecule has 0 fully saturated rings. The molecule has 3 N–H and O–H groups in total. The van der Waals surface area contributed by atoms with Crippen molar-refractivity contribution in [2.45, 2.75) is 20.0 Å². The third-order valence-corrected chi connectivity index (χ3v) is 6.17. The summed E-state index contributed by atoms with van der Waals surface area (Å²) in [6.07, 6.45) is -4.05. The maximum absolute atomic E-state index is 13.1. The van der Waals surface area contributed by atoms with Crippen molar-refractivity contribution in [2.75, 3.05) is 11.9 Å². The number of carbonyl (C=O) groups is 2. The van der Waals surface area contributed by atoms with Crippen LogP contribution in [0.2, 0.25) is 5.02 Å². The Morgan fingerprint density at radius 3 is 2.39 bits per heavy atom. The van der Waals surface area contributed by atoms with Crippen LogP contribution in [0.1, 0.15) is 38.8 Å². The van der Waals surface area contributed by atoms with E-state index >= 15 is 0 Å². The number of ether oxygens (including phenoxy) is 1. The molecule has 188 valence electrons. The van der Waals surface area contributed by atoms with Crippen molar-refractivity contribution in [1.82, 2.24) is 0 Å². The molecule has 0 bridgehead atoms. The Kier molecular flexibility index (Phi) is 8.54. The molecule has 2 aromatic carbocycles. The van der Waals surface area contributed by atoms with E-state index in [1.807, 2.05) is 0 Å². The van der Waals surface area contributed by atoms with Crippen LogP contribution in [0, 0.1) is 6.92 Å². The van der Waals surface area contributed by atoms with Gasteiger partial charge in [-0.15, -0.1) is 11.3 Å². The van der Waals surface area contributed by atoms with Crippen molar-refractivity contribution in [1.29, 1.82) is 0 Å². The second kappa shape index (κ2) is 11.4. The molecule has 0 aliphatic heterocycles. The maximum atomic E-state index is 13.1. The van der Waals surface area contributed by atoms with Gasteiger partial charge in [-0.1, -0.05) is 35.9 Å². The van der Waals surface area contributed by atoms with Gasteiger partial charge in [0.05, 0.1) is 28.6 Å². The fourth-order valence-electron chi connectivity index (χ4n) is 3.04. The minimum Gasteiger partial charge on any atom is -0.462 e. The number of nitrogens with two attached hydrogens (primary N) is 1. The number of benzene rings is 2. The number of aliphatic imine (C=N–C) groups is 1. The smallest absolute Gasteiger partial charge is 0.430 e. The van der Waals surface area contributed by atoms with E-state index in [4.69, 9.17) is 22.1 Å². The highest BCUT2D eigenvalue weighted by Gasteiger charge is 2.32. The quantitative estimate of drug-likeness (QED) is 0.261. The first-order valence-corrected chi connectivity index (χ1v) is 11.8. The number of aryl methyl sites for hydroxylation is 1. The van der Waals surface area contributed by atoms with E-state index < -0.39 is 23.7 Å². The van der Waals surface area contributed by atoms with Gasteiger partial charge in [0.25, 0.3) is 5.91 Å². The van der Waals surface area contributed by atoms with Gasteiger partial charge in [0.15, 0.2) is 0 Å². The lowest BCUT2D eigenvalue weighted by molar-refractivity contribution is -0.0925. The molecule has 0 saturated carbocycles. The van der Waals surface area contributed by atoms with Crippen molar-refractivity contribution in [3.8, 4) is 0 Å². The molecule has 0 aliphatic rings. The second-order valence-electron chi connectivity index (χ2n) is 7.42. The number of esters is 1. The van der Waals surface area contributed by atoms with E-state index in [0.717, 1.165) is 0 Å². The van der Waals surface area contributed by atoms with Crippen LogP contribution in [-0.4, -0.2) is 30.4 Å². The fraction of sp³-hybridized carbons (Fsp3) is 0.160. The van der Waals surface area contributed by atoms with Gasteiger partial charge in [-0.05, 0) is 55.1 Å². The molecule has 1 heterocycles. The first-order valence-electron chi connectivity index (χ1n) is 10.6. The fourth-order valence-corrected chi connectivity index (χ4v) is 4.15. The first-order chi connectivity index (χ1) is 17.0. The van der Waals surface area contributed by atoms with E-state index in [-0.39, 0.29) is 39.7 Å². The standard InChI is InChI=1S/C25H21ClF3N3O3S/c1-3-35-24(34)21-14(2)13-36-23(21)32-22(33)16-10-8-15(9-11-16)19(12-20(30)25(27,28)29)31-18-7-5-4-6-17(18)26/h4-13H,3,30H2,1-2H3,(H,32,33)/b20-12-,31-19?. The number of halogens is 4. The topological polar surface area (TPSA) is 93.8 Å². The highest BCUT2D eigenvalue weighted by atomic mass is 35.5. The van der Waals surface area contributed by atoms with Gasteiger partial charge in [-0.25, -0.2) is 9.79 Å². The van der Waals surface area contributed by atoms with Gasteiger partial charge < -0.3 is 15.8 Å². The number of rotatable bonds is 7. The van der Waals surface area contributed by atoms with Crippen LogP contribution >= 0.6 is 22.9 Å². The molecule has 0 aliphatic carbocycles. The molecule has 3 rings (SSSR count). The van der Waals surface area contributed by atoms with Crippen molar-refractivity contribution >= 4 is 51.2 Å². The van der Waals surface area contributed by atoms with Crippen molar-refractivity contribution in [2.24, 2.45) is 10.7 Å². The highest BCUT2D eigenvalue weighted by molar-refractivity contribution is 7.15. The third kappa shape index (κ3) is 6.52. The average molecular weight is 536 g/mol. The zero-order chi connectivity index (χ0) is 26.5. The third-order valence-electron chi connectivity index (χ3n) is 4.84. The van der Waals surface area contributed by atoms with E-state index in [1.165, 1.54) is 35.6 Å². The number of thiophene rings is 1. The number of amides is 1. The number of nitrogens with zero attached hydrogens (tertiary/aromatic N) is 1. The summed E-state index contributed by atoms with van der Waals surface area (Å²) in [5, 5.41) is 4.99. The molecule has 6 nitrogen and oxygen atoms in total. The number of anilines is 1. The molecular weight excluding hydrogens is 515 g/mol. The lowest BCUT2D eigenvalue weighted by Crippen LogP contribution is -2.21. The number of nitrogens with one attached hydrogen (secondary N) is 1. The Bertz CT molecular complexity index is 1330. The van der Waals surface area contributed by atoms with Crippen LogP contribution in [0.5, 0.6) is 0 Å². The summed E-state index contributed by atoms with van der Waals surface area (Å²) in [4.78, 5) is 29.3. The molecule has 0 radical (unpaired) electrons. The van der Waals surface area contributed by atoms with Crippen molar-refractivity contribution in [3.63, 3.8) is 0 Å². The monoisotopic (exact) mass is 535 g/mol. The maximum Gasteiger partial charge on any atom is 0.430 e. The number of hydrogen-bond donors (Lipinski definition) is 2. The molecule has 0 saturated heterocycles. The van der Waals surface area contributed by atoms with Crippen molar-refractivity contribution in [3.05, 3.63) is 93.0 Å². The Balaban J connectivity index is 1.92. The Labute approximate surface area is 214 Å². The lowest BCUT2D eigenvalue weighted by atomic mass is 10.1. The lowest BCUT2D eigenvalue weighted by Gasteiger charge is -2.10. The Hall–Kier alpha value is -3.63. The van der Waals surface area contributed by atoms with Crippen LogP contribution in [0.15, 0.2) is 70.7 Å². The highest BCUT2D eigenvalue weighted by Crippen LogP contribution is 2.30. The minimum absolute atomic E-state index is 0.0941. The molecule has 11 heteroatoms. The average Bonchev–Trinajstić information content (AvgIpc) is 3.19. The summed E-state index contributed by atoms with van der Waals surface area (Å²) in [7, 11) is 0. The minimum atomic E-state index is -4.75. The molecule has 0 unspecified atom stereocenters. The first kappa shape index (κ1) is 27.0. The summed E-state index contributed by atoms with van der Waals surface area (Å²) < 4.78 is 44.3. The predicted molar refractivity (Wildman–Crippen MR) is 135 cm³/mol. The Morgan fingerprint density at radius 1 is 1.14 bits per heavy atom. The molecule has 0 spiro atoms. The van der Waals surface area contributed by atoms with Gasteiger partial charge in [-0.3, -0.25) is 4.79 Å². The van der Waals surface area contributed by atoms with E-state index in [9.17, 15) is 22.8 Å². The number of allylic oxidation sites excluding steroid dienone is 2.